The zero-order valence-corrected chi connectivity index (χ0v) is 9.86. The van der Waals surface area contributed by atoms with Crippen LogP contribution in [0.5, 0.6) is 0 Å². The minimum absolute atomic E-state index is 0.455. The summed E-state index contributed by atoms with van der Waals surface area (Å²) in [6.45, 7) is 2.10. The van der Waals surface area contributed by atoms with Gasteiger partial charge in [0.1, 0.15) is 5.76 Å². The molecular weight excluding hydrogens is 198 g/mol. The Hall–Kier alpha value is -1.75. The van der Waals surface area contributed by atoms with Crippen LogP contribution in [0, 0.1) is 11.3 Å². The van der Waals surface area contributed by atoms with Gasteiger partial charge in [-0.2, -0.15) is 5.26 Å². The maximum Gasteiger partial charge on any atom is 0.118 e. The highest BCUT2D eigenvalue weighted by molar-refractivity contribution is 5.30. The molecule has 0 heterocycles. The lowest BCUT2D eigenvalue weighted by atomic mass is 10.1. The van der Waals surface area contributed by atoms with Gasteiger partial charge < -0.3 is 4.74 Å². The Morgan fingerprint density at radius 2 is 2.19 bits per heavy atom. The summed E-state index contributed by atoms with van der Waals surface area (Å²) in [7, 11) is 1.65. The Labute approximate surface area is 97.2 Å². The lowest BCUT2D eigenvalue weighted by Crippen LogP contribution is -1.86. The Bertz CT molecular complexity index is 391. The van der Waals surface area contributed by atoms with Crippen LogP contribution in [-0.4, -0.2) is 7.11 Å². The minimum atomic E-state index is 0.455. The van der Waals surface area contributed by atoms with E-state index in [2.05, 4.69) is 25.1 Å². The molecule has 1 aliphatic rings. The molecule has 0 fully saturated rings. The number of hydrogen-bond acceptors (Lipinski definition) is 2. The lowest BCUT2D eigenvalue weighted by molar-refractivity contribution is 0.307. The number of ether oxygens (including phenoxy) is 1. The van der Waals surface area contributed by atoms with E-state index >= 15 is 0 Å². The van der Waals surface area contributed by atoms with E-state index in [9.17, 15) is 0 Å². The first kappa shape index (κ1) is 12.3. The molecule has 1 aliphatic carbocycles. The van der Waals surface area contributed by atoms with Crippen LogP contribution >= 0.6 is 0 Å². The first-order chi connectivity index (χ1) is 7.76. The molecule has 0 unspecified atom stereocenters. The van der Waals surface area contributed by atoms with Crippen molar-refractivity contribution in [3.63, 3.8) is 0 Å². The predicted molar refractivity (Wildman–Crippen MR) is 65.5 cm³/mol. The summed E-state index contributed by atoms with van der Waals surface area (Å²) in [4.78, 5) is 0. The van der Waals surface area contributed by atoms with Crippen molar-refractivity contribution in [2.24, 2.45) is 0 Å². The van der Waals surface area contributed by atoms with E-state index < -0.39 is 0 Å². The molecule has 0 spiro atoms. The van der Waals surface area contributed by atoms with Crippen molar-refractivity contribution in [3.8, 4) is 6.07 Å². The molecule has 0 aromatic carbocycles. The van der Waals surface area contributed by atoms with Crippen molar-refractivity contribution in [3.05, 3.63) is 47.3 Å². The zero-order valence-electron chi connectivity index (χ0n) is 9.86. The van der Waals surface area contributed by atoms with E-state index in [-0.39, 0.29) is 0 Å². The Balaban J connectivity index is 2.92. The maximum atomic E-state index is 8.70. The summed E-state index contributed by atoms with van der Waals surface area (Å²) >= 11 is 0. The monoisotopic (exact) mass is 215 g/mol. The van der Waals surface area contributed by atoms with E-state index in [1.54, 1.807) is 7.11 Å². The fourth-order valence-corrected chi connectivity index (χ4v) is 1.46. The highest BCUT2D eigenvalue weighted by atomic mass is 16.5. The van der Waals surface area contributed by atoms with Gasteiger partial charge in [-0.3, -0.25) is 0 Å². The first-order valence-electron chi connectivity index (χ1n) is 5.41. The van der Waals surface area contributed by atoms with Crippen LogP contribution in [0.15, 0.2) is 47.3 Å². The zero-order chi connectivity index (χ0) is 11.8. The summed E-state index contributed by atoms with van der Waals surface area (Å²) in [6, 6.07) is 2.17. The molecule has 0 saturated carbocycles. The molecule has 0 N–H and O–H groups in total. The van der Waals surface area contributed by atoms with Gasteiger partial charge in [0, 0.05) is 0 Å². The molecule has 0 aromatic rings. The fourth-order valence-electron chi connectivity index (χ4n) is 1.46. The Kier molecular flexibility index (Phi) is 5.15. The van der Waals surface area contributed by atoms with E-state index in [0.717, 1.165) is 24.2 Å². The van der Waals surface area contributed by atoms with Gasteiger partial charge in [0.2, 0.25) is 0 Å². The van der Waals surface area contributed by atoms with E-state index in [1.165, 1.54) is 5.57 Å². The highest BCUT2D eigenvalue weighted by Gasteiger charge is 1.97. The van der Waals surface area contributed by atoms with Crippen LogP contribution in [-0.2, 0) is 4.74 Å². The molecule has 0 atom stereocenters. The Morgan fingerprint density at radius 1 is 1.38 bits per heavy atom. The number of nitrogens with zero attached hydrogens (tertiary/aromatic N) is 1. The van der Waals surface area contributed by atoms with E-state index in [0.29, 0.717) is 6.42 Å². The molecule has 2 heteroatoms. The summed E-state index contributed by atoms with van der Waals surface area (Å²) in [5, 5.41) is 8.70. The number of methoxy groups -OCH3 is 1. The maximum absolute atomic E-state index is 8.70. The van der Waals surface area contributed by atoms with Crippen molar-refractivity contribution in [2.75, 3.05) is 7.11 Å². The number of allylic oxidation sites excluding steroid dienone is 7. The average molecular weight is 215 g/mol. The van der Waals surface area contributed by atoms with E-state index in [4.69, 9.17) is 10.00 Å². The first-order valence-corrected chi connectivity index (χ1v) is 5.41. The molecule has 0 aliphatic heterocycles. The number of hydrogen-bond donors (Lipinski definition) is 0. The lowest BCUT2D eigenvalue weighted by Gasteiger charge is -2.04. The van der Waals surface area contributed by atoms with Crippen molar-refractivity contribution < 1.29 is 4.74 Å². The largest absolute Gasteiger partial charge is 0.497 e. The summed E-state index contributed by atoms with van der Waals surface area (Å²) in [6.07, 6.45) is 12.5. The van der Waals surface area contributed by atoms with E-state index in [1.807, 2.05) is 18.2 Å². The third-order valence-electron chi connectivity index (χ3n) is 2.46. The third-order valence-corrected chi connectivity index (χ3v) is 2.46. The smallest absolute Gasteiger partial charge is 0.118 e. The highest BCUT2D eigenvalue weighted by Crippen LogP contribution is 2.14. The molecule has 0 amide bonds. The van der Waals surface area contributed by atoms with Gasteiger partial charge >= 0.3 is 0 Å². The van der Waals surface area contributed by atoms with Crippen LogP contribution < -0.4 is 0 Å². The second-order valence-corrected chi connectivity index (χ2v) is 3.77. The van der Waals surface area contributed by atoms with Gasteiger partial charge in [-0.05, 0) is 37.5 Å². The van der Waals surface area contributed by atoms with Gasteiger partial charge in [0.15, 0.2) is 0 Å². The molecule has 1 rings (SSSR count). The topological polar surface area (TPSA) is 33.0 Å². The summed E-state index contributed by atoms with van der Waals surface area (Å²) in [5.41, 5.74) is 2.37. The van der Waals surface area contributed by atoms with Gasteiger partial charge in [-0.1, -0.05) is 23.8 Å². The van der Waals surface area contributed by atoms with Gasteiger partial charge in [0.05, 0.1) is 19.6 Å². The Morgan fingerprint density at radius 3 is 2.88 bits per heavy atom. The van der Waals surface area contributed by atoms with Gasteiger partial charge in [-0.25, -0.2) is 0 Å². The van der Waals surface area contributed by atoms with Crippen LogP contribution in [0.1, 0.15) is 26.2 Å². The van der Waals surface area contributed by atoms with Gasteiger partial charge in [0.25, 0.3) is 0 Å². The predicted octanol–water partition coefficient (Wildman–Crippen LogP) is 3.65. The summed E-state index contributed by atoms with van der Waals surface area (Å²) in [5.74, 6) is 0.810. The molecule has 0 saturated heterocycles. The van der Waals surface area contributed by atoms with Crippen molar-refractivity contribution >= 4 is 0 Å². The number of rotatable bonds is 2. The molecule has 2 nitrogen and oxygen atoms in total. The molecule has 0 aromatic heterocycles. The second-order valence-electron chi connectivity index (χ2n) is 3.77. The molecular formula is C14H17NO. The fraction of sp³-hybridized carbons (Fsp3) is 0.357. The summed E-state index contributed by atoms with van der Waals surface area (Å²) < 4.78 is 5.22. The minimum Gasteiger partial charge on any atom is -0.497 e. The SMILES string of the molecule is COC1=C/C=C(\C)CC/C=C(CC#N)\C=C\1. The molecule has 0 radical (unpaired) electrons. The van der Waals surface area contributed by atoms with Crippen molar-refractivity contribution in [2.45, 2.75) is 26.2 Å². The van der Waals surface area contributed by atoms with Crippen molar-refractivity contribution in [1.29, 1.82) is 5.26 Å². The average Bonchev–Trinajstić information content (AvgIpc) is 2.29. The van der Waals surface area contributed by atoms with Gasteiger partial charge in [-0.15, -0.1) is 0 Å². The quantitative estimate of drug-likeness (QED) is 0.704. The van der Waals surface area contributed by atoms with Crippen LogP contribution in [0.3, 0.4) is 0 Å². The molecule has 16 heavy (non-hydrogen) atoms. The third kappa shape index (κ3) is 4.18. The second kappa shape index (κ2) is 6.68. The van der Waals surface area contributed by atoms with Crippen LogP contribution in [0.4, 0.5) is 0 Å². The van der Waals surface area contributed by atoms with Crippen LogP contribution in [0.25, 0.3) is 0 Å². The number of nitriles is 1. The molecule has 84 valence electrons. The normalized spacial score (nSPS) is 28.4. The standard InChI is InChI=1S/C14H17NO/c1-12-4-3-5-13(10-11-15)7-9-14(16-2)8-6-12/h5-9H,3-4,10H2,1-2H3/b9-7+,12-6+,13-5+,14-8+. The van der Waals surface area contributed by atoms with Crippen molar-refractivity contribution in [1.82, 2.24) is 0 Å². The molecule has 0 bridgehead atoms. The van der Waals surface area contributed by atoms with Crippen LogP contribution in [0.2, 0.25) is 0 Å².